The number of hydrogen-bond acceptors (Lipinski definition) is 5. The molecule has 0 aliphatic rings. The maximum atomic E-state index is 12.0. The quantitative estimate of drug-likeness (QED) is 0.802. The fraction of sp³-hybridized carbons (Fsp3) is 0.286. The molecule has 7 heteroatoms. The van der Waals surface area contributed by atoms with Crippen LogP contribution in [0.5, 0.6) is 0 Å². The van der Waals surface area contributed by atoms with E-state index >= 15 is 0 Å². The van der Waals surface area contributed by atoms with Crippen molar-refractivity contribution in [1.29, 1.82) is 0 Å². The molecule has 0 aliphatic carbocycles. The lowest BCUT2D eigenvalue weighted by Crippen LogP contribution is -2.25. The summed E-state index contributed by atoms with van der Waals surface area (Å²) in [5.74, 6) is -0.558. The molecule has 2 amide bonds. The van der Waals surface area contributed by atoms with Crippen LogP contribution in [0.4, 0.5) is 5.69 Å². The Bertz CT molecular complexity index is 612. The fourth-order valence-corrected chi connectivity index (χ4v) is 2.41. The second kappa shape index (κ2) is 7.49. The first-order valence-electron chi connectivity index (χ1n) is 6.65. The van der Waals surface area contributed by atoms with Crippen LogP contribution in [0.2, 0.25) is 0 Å². The average Bonchev–Trinajstić information content (AvgIpc) is 2.96. The predicted molar refractivity (Wildman–Crippen MR) is 81.5 cm³/mol. The molecule has 0 fully saturated rings. The maximum Gasteiger partial charge on any atom is 0.275 e. The highest BCUT2D eigenvalue weighted by Gasteiger charge is 2.16. The summed E-state index contributed by atoms with van der Waals surface area (Å²) in [6.45, 7) is 2.69. The van der Waals surface area contributed by atoms with E-state index in [-0.39, 0.29) is 17.5 Å². The Labute approximate surface area is 126 Å². The van der Waals surface area contributed by atoms with Crippen LogP contribution in [-0.4, -0.2) is 28.3 Å². The Morgan fingerprint density at radius 1 is 1.29 bits per heavy atom. The van der Waals surface area contributed by atoms with Crippen LogP contribution in [0.3, 0.4) is 0 Å². The Morgan fingerprint density at radius 2 is 2.14 bits per heavy atom. The fourth-order valence-electron chi connectivity index (χ4n) is 1.65. The summed E-state index contributed by atoms with van der Waals surface area (Å²) in [7, 11) is 0. The van der Waals surface area contributed by atoms with Gasteiger partial charge in [0, 0.05) is 18.9 Å². The number of hydrogen-bond donors (Lipinski definition) is 2. The highest BCUT2D eigenvalue weighted by Crippen LogP contribution is 2.22. The molecular formula is C14H16N4O2S. The third kappa shape index (κ3) is 4.09. The van der Waals surface area contributed by atoms with Crippen LogP contribution < -0.4 is 10.6 Å². The molecule has 0 bridgehead atoms. The summed E-state index contributed by atoms with van der Waals surface area (Å²) in [6.07, 6.45) is 6.26. The van der Waals surface area contributed by atoms with Crippen molar-refractivity contribution < 1.29 is 9.59 Å². The monoisotopic (exact) mass is 304 g/mol. The Morgan fingerprint density at radius 3 is 2.86 bits per heavy atom. The van der Waals surface area contributed by atoms with Crippen molar-refractivity contribution in [3.63, 3.8) is 0 Å². The van der Waals surface area contributed by atoms with Crippen molar-refractivity contribution >= 4 is 28.8 Å². The minimum Gasteiger partial charge on any atom is -0.351 e. The highest BCUT2D eigenvalue weighted by atomic mass is 32.1. The van der Waals surface area contributed by atoms with Crippen LogP contribution in [0.25, 0.3) is 0 Å². The summed E-state index contributed by atoms with van der Waals surface area (Å²) in [5, 5.41) is 7.28. The lowest BCUT2D eigenvalue weighted by atomic mass is 10.3. The SMILES string of the molecule is CCCCNC(=O)c1sccc1NC(=O)c1cnccn1. The van der Waals surface area contributed by atoms with Crippen molar-refractivity contribution in [1.82, 2.24) is 15.3 Å². The lowest BCUT2D eigenvalue weighted by molar-refractivity contribution is 0.0958. The number of thiophene rings is 1. The number of carbonyl (C=O) groups excluding carboxylic acids is 2. The van der Waals surface area contributed by atoms with Gasteiger partial charge in [0.2, 0.25) is 0 Å². The van der Waals surface area contributed by atoms with E-state index in [1.807, 2.05) is 0 Å². The number of aromatic nitrogens is 2. The van der Waals surface area contributed by atoms with E-state index in [1.54, 1.807) is 11.4 Å². The van der Waals surface area contributed by atoms with Crippen molar-refractivity contribution in [2.45, 2.75) is 19.8 Å². The first-order valence-corrected chi connectivity index (χ1v) is 7.53. The number of nitrogens with one attached hydrogen (secondary N) is 2. The molecule has 2 heterocycles. The molecule has 2 N–H and O–H groups in total. The smallest absolute Gasteiger partial charge is 0.275 e. The number of unbranched alkanes of at least 4 members (excludes halogenated alkanes) is 1. The van der Waals surface area contributed by atoms with E-state index in [0.29, 0.717) is 17.1 Å². The third-order valence-electron chi connectivity index (χ3n) is 2.73. The zero-order valence-electron chi connectivity index (χ0n) is 11.6. The van der Waals surface area contributed by atoms with Crippen molar-refractivity contribution in [2.24, 2.45) is 0 Å². The van der Waals surface area contributed by atoms with Crippen molar-refractivity contribution in [3.05, 3.63) is 40.6 Å². The van der Waals surface area contributed by atoms with Crippen LogP contribution in [-0.2, 0) is 0 Å². The summed E-state index contributed by atoms with van der Waals surface area (Å²) < 4.78 is 0. The topological polar surface area (TPSA) is 84.0 Å². The minimum absolute atomic E-state index is 0.173. The number of rotatable bonds is 6. The molecule has 0 spiro atoms. The number of carbonyl (C=O) groups is 2. The van der Waals surface area contributed by atoms with E-state index in [2.05, 4.69) is 27.5 Å². The Kier molecular flexibility index (Phi) is 5.39. The molecule has 0 radical (unpaired) electrons. The van der Waals surface area contributed by atoms with E-state index in [4.69, 9.17) is 0 Å². The van der Waals surface area contributed by atoms with Gasteiger partial charge in [-0.05, 0) is 17.9 Å². The second-order valence-corrected chi connectivity index (χ2v) is 5.23. The molecule has 110 valence electrons. The molecule has 21 heavy (non-hydrogen) atoms. The molecular weight excluding hydrogens is 288 g/mol. The van der Waals surface area contributed by atoms with Crippen LogP contribution in [0.1, 0.15) is 39.9 Å². The predicted octanol–water partition coefficient (Wildman–Crippen LogP) is 2.32. The molecule has 6 nitrogen and oxygen atoms in total. The maximum absolute atomic E-state index is 12.0. The summed E-state index contributed by atoms with van der Waals surface area (Å²) in [4.78, 5) is 32.3. The van der Waals surface area contributed by atoms with Gasteiger partial charge >= 0.3 is 0 Å². The lowest BCUT2D eigenvalue weighted by Gasteiger charge is -2.06. The van der Waals surface area contributed by atoms with Gasteiger partial charge in [-0.1, -0.05) is 13.3 Å². The zero-order chi connectivity index (χ0) is 15.1. The number of anilines is 1. The van der Waals surface area contributed by atoms with Crippen LogP contribution >= 0.6 is 11.3 Å². The summed E-state index contributed by atoms with van der Waals surface area (Å²) >= 11 is 1.29. The first-order chi connectivity index (χ1) is 10.2. The Balaban J connectivity index is 2.03. The second-order valence-electron chi connectivity index (χ2n) is 4.32. The standard InChI is InChI=1S/C14H16N4O2S/c1-2-3-5-17-14(20)12-10(4-8-21-12)18-13(19)11-9-15-6-7-16-11/h4,6-9H,2-3,5H2,1H3,(H,17,20)(H,18,19). The van der Waals surface area contributed by atoms with Crippen LogP contribution in [0.15, 0.2) is 30.0 Å². The van der Waals surface area contributed by atoms with E-state index in [1.165, 1.54) is 29.9 Å². The average molecular weight is 304 g/mol. The van der Waals surface area contributed by atoms with Gasteiger partial charge < -0.3 is 10.6 Å². The van der Waals surface area contributed by atoms with Gasteiger partial charge in [-0.2, -0.15) is 0 Å². The molecule has 0 aromatic carbocycles. The van der Waals surface area contributed by atoms with Gasteiger partial charge in [-0.15, -0.1) is 11.3 Å². The highest BCUT2D eigenvalue weighted by molar-refractivity contribution is 7.12. The molecule has 0 aliphatic heterocycles. The third-order valence-corrected chi connectivity index (χ3v) is 3.64. The van der Waals surface area contributed by atoms with Gasteiger partial charge in [0.25, 0.3) is 11.8 Å². The Hall–Kier alpha value is -2.28. The first kappa shape index (κ1) is 15.1. The normalized spacial score (nSPS) is 10.1. The van der Waals surface area contributed by atoms with Gasteiger partial charge in [0.05, 0.1) is 11.9 Å². The van der Waals surface area contributed by atoms with Crippen molar-refractivity contribution in [3.8, 4) is 0 Å². The van der Waals surface area contributed by atoms with E-state index < -0.39 is 0 Å². The largest absolute Gasteiger partial charge is 0.351 e. The number of amides is 2. The molecule has 2 aromatic heterocycles. The molecule has 2 rings (SSSR count). The molecule has 2 aromatic rings. The van der Waals surface area contributed by atoms with E-state index in [0.717, 1.165) is 12.8 Å². The van der Waals surface area contributed by atoms with Gasteiger partial charge in [0.1, 0.15) is 10.6 Å². The molecule has 0 unspecified atom stereocenters. The molecule has 0 saturated carbocycles. The summed E-state index contributed by atoms with van der Waals surface area (Å²) in [6, 6.07) is 1.70. The van der Waals surface area contributed by atoms with Gasteiger partial charge in [0.15, 0.2) is 0 Å². The van der Waals surface area contributed by atoms with Gasteiger partial charge in [-0.25, -0.2) is 4.98 Å². The summed E-state index contributed by atoms with van der Waals surface area (Å²) in [5.41, 5.74) is 0.700. The minimum atomic E-state index is -0.385. The van der Waals surface area contributed by atoms with Crippen molar-refractivity contribution in [2.75, 3.05) is 11.9 Å². The van der Waals surface area contributed by atoms with Gasteiger partial charge in [-0.3, -0.25) is 14.6 Å². The molecule has 0 atom stereocenters. The van der Waals surface area contributed by atoms with E-state index in [9.17, 15) is 9.59 Å². The zero-order valence-corrected chi connectivity index (χ0v) is 12.4. The molecule has 0 saturated heterocycles. The van der Waals surface area contributed by atoms with Crippen LogP contribution in [0, 0.1) is 0 Å². The number of nitrogens with zero attached hydrogens (tertiary/aromatic N) is 2.